The van der Waals surface area contributed by atoms with E-state index in [4.69, 9.17) is 4.74 Å². The number of para-hydroxylation sites is 1. The molecule has 0 radical (unpaired) electrons. The fourth-order valence-corrected chi connectivity index (χ4v) is 5.98. The van der Waals surface area contributed by atoms with Crippen molar-refractivity contribution in [2.45, 2.75) is 56.6 Å². The van der Waals surface area contributed by atoms with E-state index in [0.717, 1.165) is 16.9 Å². The highest BCUT2D eigenvalue weighted by molar-refractivity contribution is 7.89. The monoisotopic (exact) mass is 442 g/mol. The Bertz CT molecular complexity index is 1060. The molecule has 7 heteroatoms. The van der Waals surface area contributed by atoms with Gasteiger partial charge in [-0.15, -0.1) is 0 Å². The second kappa shape index (κ2) is 8.28. The highest BCUT2D eigenvalue weighted by Crippen LogP contribution is 2.39. The van der Waals surface area contributed by atoms with Crippen molar-refractivity contribution in [3.05, 3.63) is 59.7 Å². The van der Waals surface area contributed by atoms with Crippen molar-refractivity contribution in [3.8, 4) is 5.75 Å². The number of carbonyl (C=O) groups is 1. The first-order valence-corrected chi connectivity index (χ1v) is 12.2. The van der Waals surface area contributed by atoms with Crippen LogP contribution in [0.3, 0.4) is 0 Å². The van der Waals surface area contributed by atoms with Crippen molar-refractivity contribution < 1.29 is 17.9 Å². The fourth-order valence-electron chi connectivity index (χ4n) is 4.45. The van der Waals surface area contributed by atoms with Crippen LogP contribution in [0.25, 0.3) is 0 Å². The van der Waals surface area contributed by atoms with Gasteiger partial charge >= 0.3 is 0 Å². The zero-order valence-electron chi connectivity index (χ0n) is 18.3. The molecule has 2 heterocycles. The fraction of sp³-hybridized carbons (Fsp3) is 0.458. The minimum atomic E-state index is -3.61. The number of hydrogen-bond donors (Lipinski definition) is 1. The standard InChI is InChI=1S/C24H30N2O4S/c1-17-10-12-19(13-11-17)31(28,29)26-14-6-7-18(16-26)23(27)25-21-15-24(2,3)30-22-9-5-4-8-20(21)22/h4-5,8-13,18,21H,6-7,14-16H2,1-3H3,(H,25,27)/t18-,21-/m1/s1. The third-order valence-corrected chi connectivity index (χ3v) is 7.99. The number of ether oxygens (including phenoxy) is 1. The third kappa shape index (κ3) is 4.62. The average molecular weight is 443 g/mol. The van der Waals surface area contributed by atoms with Gasteiger partial charge in [-0.2, -0.15) is 4.31 Å². The van der Waals surface area contributed by atoms with Crippen LogP contribution in [0, 0.1) is 12.8 Å². The molecule has 31 heavy (non-hydrogen) atoms. The molecular formula is C24H30N2O4S. The first-order chi connectivity index (χ1) is 14.7. The van der Waals surface area contributed by atoms with Gasteiger partial charge in [-0.1, -0.05) is 35.9 Å². The van der Waals surface area contributed by atoms with E-state index >= 15 is 0 Å². The van der Waals surface area contributed by atoms with E-state index in [2.05, 4.69) is 5.32 Å². The van der Waals surface area contributed by atoms with Crippen LogP contribution in [-0.4, -0.2) is 37.3 Å². The largest absolute Gasteiger partial charge is 0.487 e. The molecule has 2 aromatic carbocycles. The lowest BCUT2D eigenvalue weighted by molar-refractivity contribution is -0.127. The van der Waals surface area contributed by atoms with Crippen molar-refractivity contribution >= 4 is 15.9 Å². The summed E-state index contributed by atoms with van der Waals surface area (Å²) in [6.07, 6.45) is 2.01. The number of sulfonamides is 1. The Labute approximate surface area is 184 Å². The number of rotatable bonds is 4. The molecule has 6 nitrogen and oxygen atoms in total. The van der Waals surface area contributed by atoms with Gasteiger partial charge in [0.05, 0.1) is 16.9 Å². The van der Waals surface area contributed by atoms with Crippen molar-refractivity contribution in [1.82, 2.24) is 9.62 Å². The molecule has 0 saturated carbocycles. The first-order valence-electron chi connectivity index (χ1n) is 10.8. The van der Waals surface area contributed by atoms with E-state index in [1.807, 2.05) is 45.0 Å². The number of piperidine rings is 1. The Morgan fingerprint density at radius 3 is 2.58 bits per heavy atom. The summed E-state index contributed by atoms with van der Waals surface area (Å²) < 4.78 is 33.7. The van der Waals surface area contributed by atoms with Gasteiger partial charge in [-0.05, 0) is 51.8 Å². The quantitative estimate of drug-likeness (QED) is 0.781. The first kappa shape index (κ1) is 21.8. The van der Waals surface area contributed by atoms with Gasteiger partial charge in [0.15, 0.2) is 0 Å². The van der Waals surface area contributed by atoms with E-state index in [0.29, 0.717) is 25.8 Å². The summed E-state index contributed by atoms with van der Waals surface area (Å²) in [5.74, 6) is 0.324. The van der Waals surface area contributed by atoms with Gasteiger partial charge in [-0.3, -0.25) is 4.79 Å². The molecule has 2 aliphatic heterocycles. The van der Waals surface area contributed by atoms with E-state index in [1.165, 1.54) is 4.31 Å². The highest BCUT2D eigenvalue weighted by Gasteiger charge is 2.37. The normalized spacial score (nSPS) is 23.5. The van der Waals surface area contributed by atoms with Crippen LogP contribution in [0.15, 0.2) is 53.4 Å². The molecule has 4 rings (SSSR count). The predicted octanol–water partition coefficient (Wildman–Crippen LogP) is 3.81. The van der Waals surface area contributed by atoms with Crippen LogP contribution in [0.4, 0.5) is 0 Å². The molecule has 166 valence electrons. The third-order valence-electron chi connectivity index (χ3n) is 6.11. The number of hydrogen-bond acceptors (Lipinski definition) is 4. The van der Waals surface area contributed by atoms with Gasteiger partial charge in [-0.25, -0.2) is 8.42 Å². The summed E-state index contributed by atoms with van der Waals surface area (Å²) in [5, 5.41) is 3.18. The van der Waals surface area contributed by atoms with Crippen molar-refractivity contribution in [2.75, 3.05) is 13.1 Å². The predicted molar refractivity (Wildman–Crippen MR) is 119 cm³/mol. The molecule has 0 unspecified atom stereocenters. The number of amides is 1. The Hall–Kier alpha value is -2.38. The maximum Gasteiger partial charge on any atom is 0.243 e. The zero-order chi connectivity index (χ0) is 22.2. The Morgan fingerprint density at radius 1 is 1.13 bits per heavy atom. The van der Waals surface area contributed by atoms with Crippen LogP contribution < -0.4 is 10.1 Å². The topological polar surface area (TPSA) is 75.7 Å². The van der Waals surface area contributed by atoms with Gasteiger partial charge in [0, 0.05) is 25.1 Å². The van der Waals surface area contributed by atoms with Crippen molar-refractivity contribution in [3.63, 3.8) is 0 Å². The summed E-state index contributed by atoms with van der Waals surface area (Å²) in [5.41, 5.74) is 1.59. The Balaban J connectivity index is 1.49. The summed E-state index contributed by atoms with van der Waals surface area (Å²) in [6, 6.07) is 14.5. The average Bonchev–Trinajstić information content (AvgIpc) is 2.73. The van der Waals surface area contributed by atoms with Gasteiger partial charge in [0.2, 0.25) is 15.9 Å². The minimum absolute atomic E-state index is 0.0960. The van der Waals surface area contributed by atoms with Gasteiger partial charge < -0.3 is 10.1 Å². The highest BCUT2D eigenvalue weighted by atomic mass is 32.2. The van der Waals surface area contributed by atoms with Crippen LogP contribution in [-0.2, 0) is 14.8 Å². The van der Waals surface area contributed by atoms with Crippen molar-refractivity contribution in [1.29, 1.82) is 0 Å². The Kier molecular flexibility index (Phi) is 5.83. The molecule has 2 aromatic rings. The number of aryl methyl sites for hydroxylation is 1. The summed E-state index contributed by atoms with van der Waals surface area (Å²) in [7, 11) is -3.61. The number of fused-ring (bicyclic) bond motifs is 1. The van der Waals surface area contributed by atoms with Gasteiger partial charge in [0.25, 0.3) is 0 Å². The zero-order valence-corrected chi connectivity index (χ0v) is 19.1. The number of nitrogens with one attached hydrogen (secondary N) is 1. The smallest absolute Gasteiger partial charge is 0.243 e. The van der Waals surface area contributed by atoms with Crippen LogP contribution in [0.5, 0.6) is 5.75 Å². The molecule has 1 amide bonds. The molecule has 0 aromatic heterocycles. The van der Waals surface area contributed by atoms with Crippen molar-refractivity contribution in [2.24, 2.45) is 5.92 Å². The van der Waals surface area contributed by atoms with Crippen LogP contribution >= 0.6 is 0 Å². The lowest BCUT2D eigenvalue weighted by Gasteiger charge is -2.39. The molecule has 2 atom stereocenters. The lowest BCUT2D eigenvalue weighted by atomic mass is 9.89. The van der Waals surface area contributed by atoms with E-state index in [-0.39, 0.29) is 34.9 Å². The maximum absolute atomic E-state index is 13.2. The summed E-state index contributed by atoms with van der Waals surface area (Å²) >= 11 is 0. The van der Waals surface area contributed by atoms with E-state index in [9.17, 15) is 13.2 Å². The molecule has 1 N–H and O–H groups in total. The molecule has 0 spiro atoms. The second-order valence-corrected chi connectivity index (χ2v) is 11.1. The minimum Gasteiger partial charge on any atom is -0.487 e. The Morgan fingerprint density at radius 2 is 1.84 bits per heavy atom. The SMILES string of the molecule is Cc1ccc(S(=O)(=O)N2CCC[C@@H](C(=O)N[C@@H]3CC(C)(C)Oc4ccccc43)C2)cc1. The van der Waals surface area contributed by atoms with E-state index in [1.54, 1.807) is 24.3 Å². The summed E-state index contributed by atoms with van der Waals surface area (Å²) in [6.45, 7) is 6.59. The lowest BCUT2D eigenvalue weighted by Crippen LogP contribution is -2.47. The number of benzene rings is 2. The number of carbonyl (C=O) groups excluding carboxylic acids is 1. The molecular weight excluding hydrogens is 412 g/mol. The summed E-state index contributed by atoms with van der Waals surface area (Å²) in [4.78, 5) is 13.4. The molecule has 0 aliphatic carbocycles. The van der Waals surface area contributed by atoms with E-state index < -0.39 is 10.0 Å². The maximum atomic E-state index is 13.2. The molecule has 1 saturated heterocycles. The molecule has 1 fully saturated rings. The molecule has 2 aliphatic rings. The second-order valence-electron chi connectivity index (χ2n) is 9.18. The number of nitrogens with zero attached hydrogens (tertiary/aromatic N) is 1. The van der Waals surface area contributed by atoms with Crippen LogP contribution in [0.1, 0.15) is 50.3 Å². The molecule has 0 bridgehead atoms. The van der Waals surface area contributed by atoms with Crippen LogP contribution in [0.2, 0.25) is 0 Å². The van der Waals surface area contributed by atoms with Gasteiger partial charge in [0.1, 0.15) is 11.4 Å².